The van der Waals surface area contributed by atoms with E-state index in [1.54, 1.807) is 0 Å². The van der Waals surface area contributed by atoms with Crippen LogP contribution in [0.2, 0.25) is 5.02 Å². The molecule has 0 amide bonds. The quantitative estimate of drug-likeness (QED) is 0.926. The fourth-order valence-electron chi connectivity index (χ4n) is 2.53. The molecule has 5 heteroatoms. The highest BCUT2D eigenvalue weighted by Crippen LogP contribution is 2.38. The molecule has 0 fully saturated rings. The molecule has 2 rings (SSSR count). The summed E-state index contributed by atoms with van der Waals surface area (Å²) < 4.78 is 0. The molecule has 1 aliphatic heterocycles. The second-order valence-electron chi connectivity index (χ2n) is 5.02. The number of nitrogens with zero attached hydrogens (tertiary/aromatic N) is 2. The summed E-state index contributed by atoms with van der Waals surface area (Å²) in [4.78, 5) is 15.1. The van der Waals surface area contributed by atoms with E-state index in [2.05, 4.69) is 15.9 Å². The molecule has 4 nitrogen and oxygen atoms in total. The van der Waals surface area contributed by atoms with Crippen LogP contribution in [-0.4, -0.2) is 37.8 Å². The predicted octanol–water partition coefficient (Wildman–Crippen LogP) is 2.77. The maximum absolute atomic E-state index is 10.8. The van der Waals surface area contributed by atoms with Gasteiger partial charge in [0, 0.05) is 26.7 Å². The van der Waals surface area contributed by atoms with Crippen molar-refractivity contribution in [2.24, 2.45) is 0 Å². The van der Waals surface area contributed by atoms with Gasteiger partial charge in [0.25, 0.3) is 0 Å². The number of carboxylic acids is 1. The van der Waals surface area contributed by atoms with Gasteiger partial charge in [0.2, 0.25) is 0 Å². The number of fused-ring (bicyclic) bond motifs is 1. The van der Waals surface area contributed by atoms with Crippen molar-refractivity contribution in [1.82, 2.24) is 0 Å². The second-order valence-corrected chi connectivity index (χ2v) is 5.43. The maximum atomic E-state index is 10.8. The molecular weight excluding hydrogens is 264 g/mol. The molecule has 1 heterocycles. The van der Waals surface area contributed by atoms with Crippen LogP contribution in [0.15, 0.2) is 12.1 Å². The number of halogens is 1. The number of aliphatic carboxylic acids is 1. The monoisotopic (exact) mass is 282 g/mol. The predicted molar refractivity (Wildman–Crippen MR) is 78.5 cm³/mol. The number of anilines is 2. The molecule has 0 bridgehead atoms. The van der Waals surface area contributed by atoms with Gasteiger partial charge in [0.05, 0.1) is 22.8 Å². The Hall–Kier alpha value is -1.42. The number of carboxylic acid groups (broad SMARTS) is 1. The molecule has 104 valence electrons. The SMILES string of the molecule is Cc1cc(Cl)c2c(c1)N(CCC(=O)O)CCCN2C. The molecule has 19 heavy (non-hydrogen) atoms. The second kappa shape index (κ2) is 5.70. The lowest BCUT2D eigenvalue weighted by Crippen LogP contribution is -2.26. The molecule has 0 spiro atoms. The van der Waals surface area contributed by atoms with Crippen molar-refractivity contribution in [3.63, 3.8) is 0 Å². The van der Waals surface area contributed by atoms with E-state index in [4.69, 9.17) is 16.7 Å². The summed E-state index contributed by atoms with van der Waals surface area (Å²) >= 11 is 6.36. The van der Waals surface area contributed by atoms with E-state index in [1.807, 2.05) is 20.0 Å². The van der Waals surface area contributed by atoms with Crippen LogP contribution in [0.25, 0.3) is 0 Å². The number of hydrogen-bond donors (Lipinski definition) is 1. The topological polar surface area (TPSA) is 43.8 Å². The number of carbonyl (C=O) groups is 1. The van der Waals surface area contributed by atoms with Crippen LogP contribution in [0.1, 0.15) is 18.4 Å². The highest BCUT2D eigenvalue weighted by molar-refractivity contribution is 6.34. The number of benzene rings is 1. The summed E-state index contributed by atoms with van der Waals surface area (Å²) in [6, 6.07) is 4.04. The fraction of sp³-hybridized carbons (Fsp3) is 0.500. The minimum absolute atomic E-state index is 0.148. The minimum atomic E-state index is -0.766. The summed E-state index contributed by atoms with van der Waals surface area (Å²) in [5.41, 5.74) is 3.15. The number of rotatable bonds is 3. The Balaban J connectivity index is 2.38. The first-order valence-corrected chi connectivity index (χ1v) is 6.85. The highest BCUT2D eigenvalue weighted by Gasteiger charge is 2.21. The van der Waals surface area contributed by atoms with E-state index in [0.717, 1.165) is 41.5 Å². The van der Waals surface area contributed by atoms with Gasteiger partial charge in [-0.3, -0.25) is 4.79 Å². The average molecular weight is 283 g/mol. The molecule has 0 unspecified atom stereocenters. The van der Waals surface area contributed by atoms with E-state index in [1.165, 1.54) is 0 Å². The lowest BCUT2D eigenvalue weighted by molar-refractivity contribution is -0.136. The summed E-state index contributed by atoms with van der Waals surface area (Å²) in [7, 11) is 2.03. The summed E-state index contributed by atoms with van der Waals surface area (Å²) in [5, 5.41) is 9.60. The lowest BCUT2D eigenvalue weighted by atomic mass is 10.1. The molecule has 0 aromatic heterocycles. The first-order valence-electron chi connectivity index (χ1n) is 6.47. The van der Waals surface area contributed by atoms with Gasteiger partial charge in [-0.25, -0.2) is 0 Å². The zero-order chi connectivity index (χ0) is 14.0. The zero-order valence-electron chi connectivity index (χ0n) is 11.3. The van der Waals surface area contributed by atoms with E-state index in [0.29, 0.717) is 6.54 Å². The first-order chi connectivity index (χ1) is 8.99. The smallest absolute Gasteiger partial charge is 0.305 e. The Morgan fingerprint density at radius 3 is 2.84 bits per heavy atom. The number of hydrogen-bond acceptors (Lipinski definition) is 3. The third-order valence-corrected chi connectivity index (χ3v) is 3.72. The van der Waals surface area contributed by atoms with E-state index in [9.17, 15) is 4.79 Å². The summed E-state index contributed by atoms with van der Waals surface area (Å²) in [6.07, 6.45) is 1.15. The van der Waals surface area contributed by atoms with Gasteiger partial charge in [-0.05, 0) is 31.0 Å². The molecule has 0 saturated heterocycles. The van der Waals surface area contributed by atoms with E-state index >= 15 is 0 Å². The summed E-state index contributed by atoms with van der Waals surface area (Å²) in [5.74, 6) is -0.766. The van der Waals surface area contributed by atoms with Crippen molar-refractivity contribution >= 4 is 28.9 Å². The van der Waals surface area contributed by atoms with Gasteiger partial charge >= 0.3 is 5.97 Å². The van der Waals surface area contributed by atoms with Gasteiger partial charge in [-0.2, -0.15) is 0 Å². The van der Waals surface area contributed by atoms with Gasteiger partial charge in [-0.1, -0.05) is 11.6 Å². The van der Waals surface area contributed by atoms with E-state index < -0.39 is 5.97 Å². The molecule has 0 aliphatic carbocycles. The van der Waals surface area contributed by atoms with Gasteiger partial charge in [0.15, 0.2) is 0 Å². The first kappa shape index (κ1) is 14.0. The number of aryl methyl sites for hydroxylation is 1. The van der Waals surface area contributed by atoms with Crippen molar-refractivity contribution in [2.45, 2.75) is 19.8 Å². The van der Waals surface area contributed by atoms with Crippen molar-refractivity contribution in [3.05, 3.63) is 22.7 Å². The van der Waals surface area contributed by atoms with E-state index in [-0.39, 0.29) is 6.42 Å². The van der Waals surface area contributed by atoms with Crippen molar-refractivity contribution in [3.8, 4) is 0 Å². The van der Waals surface area contributed by atoms with Crippen LogP contribution in [0.4, 0.5) is 11.4 Å². The third kappa shape index (κ3) is 3.13. The van der Waals surface area contributed by atoms with Gasteiger partial charge in [0.1, 0.15) is 0 Å². The standard InChI is InChI=1S/C14H19ClN2O2/c1-10-8-11(15)14-12(9-10)17(7-4-13(18)19)6-3-5-16(14)2/h8-9H,3-7H2,1-2H3,(H,18,19). The Bertz CT molecular complexity index is 491. The third-order valence-electron chi connectivity index (χ3n) is 3.43. The van der Waals surface area contributed by atoms with Gasteiger partial charge < -0.3 is 14.9 Å². The molecule has 0 radical (unpaired) electrons. The van der Waals surface area contributed by atoms with Crippen LogP contribution in [-0.2, 0) is 4.79 Å². The van der Waals surface area contributed by atoms with Gasteiger partial charge in [-0.15, -0.1) is 0 Å². The molecule has 1 aromatic carbocycles. The van der Waals surface area contributed by atoms with Crippen molar-refractivity contribution in [2.75, 3.05) is 36.5 Å². The average Bonchev–Trinajstić information content (AvgIpc) is 2.46. The molecule has 0 atom stereocenters. The molecule has 1 aromatic rings. The normalized spacial score (nSPS) is 15.1. The molecule has 0 saturated carbocycles. The lowest BCUT2D eigenvalue weighted by Gasteiger charge is -2.26. The van der Waals surface area contributed by atoms with Crippen molar-refractivity contribution in [1.29, 1.82) is 0 Å². The molecule has 1 aliphatic rings. The van der Waals surface area contributed by atoms with Crippen LogP contribution < -0.4 is 9.80 Å². The maximum Gasteiger partial charge on any atom is 0.305 e. The Morgan fingerprint density at radius 2 is 2.16 bits per heavy atom. The molecule has 1 N–H and O–H groups in total. The van der Waals surface area contributed by atoms with Crippen LogP contribution >= 0.6 is 11.6 Å². The molecular formula is C14H19ClN2O2. The Morgan fingerprint density at radius 1 is 1.42 bits per heavy atom. The zero-order valence-corrected chi connectivity index (χ0v) is 12.1. The fourth-order valence-corrected chi connectivity index (χ4v) is 2.94. The van der Waals surface area contributed by atoms with Crippen LogP contribution in [0.3, 0.4) is 0 Å². The highest BCUT2D eigenvalue weighted by atomic mass is 35.5. The Labute approximate surface area is 118 Å². The van der Waals surface area contributed by atoms with Crippen molar-refractivity contribution < 1.29 is 9.90 Å². The van der Waals surface area contributed by atoms with Crippen LogP contribution in [0, 0.1) is 6.92 Å². The Kier molecular flexibility index (Phi) is 4.20. The van der Waals surface area contributed by atoms with Crippen LogP contribution in [0.5, 0.6) is 0 Å². The minimum Gasteiger partial charge on any atom is -0.481 e. The largest absolute Gasteiger partial charge is 0.481 e. The summed E-state index contributed by atoms with van der Waals surface area (Å²) in [6.45, 7) is 4.33.